The van der Waals surface area contributed by atoms with Crippen molar-refractivity contribution < 1.29 is 19.0 Å². The number of hydrogen-bond acceptors (Lipinski definition) is 4. The van der Waals surface area contributed by atoms with Gasteiger partial charge in [0.1, 0.15) is 6.10 Å². The van der Waals surface area contributed by atoms with Gasteiger partial charge in [-0.1, -0.05) is 0 Å². The molecule has 1 unspecified atom stereocenters. The first-order chi connectivity index (χ1) is 4.84. The van der Waals surface area contributed by atoms with E-state index >= 15 is 0 Å². The van der Waals surface area contributed by atoms with Crippen molar-refractivity contribution in [1.29, 1.82) is 0 Å². The molecule has 4 heteroatoms. The second-order valence-electron chi connectivity index (χ2n) is 2.05. The lowest BCUT2D eigenvalue weighted by atomic mass is 10.4. The zero-order valence-corrected chi connectivity index (χ0v) is 5.78. The van der Waals surface area contributed by atoms with Crippen LogP contribution < -0.4 is 0 Å². The summed E-state index contributed by atoms with van der Waals surface area (Å²) >= 11 is 0. The topological polar surface area (TPSA) is 44.8 Å². The third-order valence-corrected chi connectivity index (χ3v) is 1.30. The van der Waals surface area contributed by atoms with Crippen molar-refractivity contribution in [3.63, 3.8) is 0 Å². The number of rotatable bonds is 3. The van der Waals surface area contributed by atoms with Gasteiger partial charge in [0, 0.05) is 0 Å². The monoisotopic (exact) mass is 146 g/mol. The molecule has 4 nitrogen and oxygen atoms in total. The Labute approximate surface area is 59.1 Å². The second kappa shape index (κ2) is 3.53. The highest BCUT2D eigenvalue weighted by Gasteiger charge is 2.23. The molecule has 1 saturated heterocycles. The van der Waals surface area contributed by atoms with Crippen molar-refractivity contribution in [1.82, 2.24) is 0 Å². The molecular weight excluding hydrogens is 136 g/mol. The summed E-state index contributed by atoms with van der Waals surface area (Å²) in [6.45, 7) is 3.29. The Bertz CT molecular complexity index is 108. The van der Waals surface area contributed by atoms with Crippen LogP contribution in [0.5, 0.6) is 0 Å². The summed E-state index contributed by atoms with van der Waals surface area (Å²) in [5.41, 5.74) is 0. The lowest BCUT2D eigenvalue weighted by Crippen LogP contribution is -2.26. The van der Waals surface area contributed by atoms with Gasteiger partial charge in [0.2, 0.25) is 0 Å². The maximum atomic E-state index is 9.84. The first-order valence-electron chi connectivity index (χ1n) is 3.17. The number of ether oxygens (including phenoxy) is 3. The largest absolute Gasteiger partial charge is 0.459 e. The van der Waals surface area contributed by atoms with Crippen LogP contribution in [-0.4, -0.2) is 32.1 Å². The zero-order chi connectivity index (χ0) is 7.40. The molecule has 10 heavy (non-hydrogen) atoms. The van der Waals surface area contributed by atoms with Gasteiger partial charge in [0.25, 0.3) is 6.47 Å². The fourth-order valence-corrected chi connectivity index (χ4v) is 0.799. The van der Waals surface area contributed by atoms with Gasteiger partial charge < -0.3 is 14.2 Å². The van der Waals surface area contributed by atoms with Crippen molar-refractivity contribution in [2.45, 2.75) is 19.3 Å². The van der Waals surface area contributed by atoms with Crippen LogP contribution in [0, 0.1) is 0 Å². The van der Waals surface area contributed by atoms with Crippen LogP contribution in [0.3, 0.4) is 0 Å². The summed E-state index contributed by atoms with van der Waals surface area (Å²) in [5, 5.41) is 0. The average molecular weight is 146 g/mol. The molecule has 0 saturated carbocycles. The summed E-state index contributed by atoms with van der Waals surface area (Å²) in [6, 6.07) is 0. The van der Waals surface area contributed by atoms with Gasteiger partial charge in [0.05, 0.1) is 13.2 Å². The van der Waals surface area contributed by atoms with Crippen LogP contribution in [0.25, 0.3) is 0 Å². The number of hydrogen-bond donors (Lipinski definition) is 0. The first-order valence-corrected chi connectivity index (χ1v) is 3.17. The smallest absolute Gasteiger partial charge is 0.293 e. The quantitative estimate of drug-likeness (QED) is 0.522. The summed E-state index contributed by atoms with van der Waals surface area (Å²) < 4.78 is 14.7. The van der Waals surface area contributed by atoms with E-state index in [1.807, 2.05) is 0 Å². The molecule has 0 aliphatic carbocycles. The summed E-state index contributed by atoms with van der Waals surface area (Å²) in [6.07, 6.45) is -0.676. The van der Waals surface area contributed by atoms with Crippen molar-refractivity contribution in [3.05, 3.63) is 0 Å². The van der Waals surface area contributed by atoms with E-state index in [1.165, 1.54) is 0 Å². The minimum atomic E-state index is -0.370. The molecule has 0 aromatic rings. The molecule has 0 radical (unpaired) electrons. The number of carbonyl (C=O) groups is 1. The predicted molar refractivity (Wildman–Crippen MR) is 32.3 cm³/mol. The van der Waals surface area contributed by atoms with Crippen molar-refractivity contribution in [3.8, 4) is 0 Å². The fraction of sp³-hybridized carbons (Fsp3) is 0.833. The minimum absolute atomic E-state index is 0.306. The summed E-state index contributed by atoms with van der Waals surface area (Å²) in [7, 11) is 0. The highest BCUT2D eigenvalue weighted by atomic mass is 16.7. The molecule has 0 spiro atoms. The SMILES string of the molecule is CC(OC=O)C1OCCO1. The maximum absolute atomic E-state index is 9.84. The Hall–Kier alpha value is -0.610. The van der Waals surface area contributed by atoms with Gasteiger partial charge in [-0.2, -0.15) is 0 Å². The van der Waals surface area contributed by atoms with Crippen molar-refractivity contribution in [2.24, 2.45) is 0 Å². The minimum Gasteiger partial charge on any atom is -0.459 e. The van der Waals surface area contributed by atoms with Gasteiger partial charge in [-0.25, -0.2) is 0 Å². The molecule has 1 aliphatic rings. The van der Waals surface area contributed by atoms with Gasteiger partial charge >= 0.3 is 0 Å². The molecule has 0 N–H and O–H groups in total. The molecule has 0 aromatic heterocycles. The standard InChI is InChI=1S/C6H10O4/c1-5(10-4-7)6-8-2-3-9-6/h4-6H,2-3H2,1H3. The van der Waals surface area contributed by atoms with Crippen molar-refractivity contribution >= 4 is 6.47 Å². The zero-order valence-electron chi connectivity index (χ0n) is 5.78. The van der Waals surface area contributed by atoms with Crippen LogP contribution in [-0.2, 0) is 19.0 Å². The van der Waals surface area contributed by atoms with E-state index in [-0.39, 0.29) is 12.4 Å². The lowest BCUT2D eigenvalue weighted by Gasteiger charge is -2.14. The first kappa shape index (κ1) is 7.50. The van der Waals surface area contributed by atoms with Crippen LogP contribution in [0.2, 0.25) is 0 Å². The van der Waals surface area contributed by atoms with Crippen molar-refractivity contribution in [2.75, 3.05) is 13.2 Å². The molecule has 1 fully saturated rings. The molecule has 0 amide bonds. The Morgan fingerprint density at radius 3 is 2.70 bits per heavy atom. The third kappa shape index (κ3) is 1.68. The Morgan fingerprint density at radius 1 is 1.60 bits per heavy atom. The van der Waals surface area contributed by atoms with Gasteiger partial charge in [-0.05, 0) is 6.92 Å². The molecule has 58 valence electrons. The molecule has 0 bridgehead atoms. The highest BCUT2D eigenvalue weighted by molar-refractivity contribution is 5.37. The Kier molecular flexibility index (Phi) is 2.65. The van der Waals surface area contributed by atoms with Gasteiger partial charge in [-0.3, -0.25) is 4.79 Å². The predicted octanol–water partition coefficient (Wildman–Crippen LogP) is -0.0792. The van der Waals surface area contributed by atoms with E-state index in [1.54, 1.807) is 6.92 Å². The molecule has 0 aromatic carbocycles. The average Bonchev–Trinajstić information content (AvgIpc) is 2.38. The van der Waals surface area contributed by atoms with E-state index < -0.39 is 0 Å². The van der Waals surface area contributed by atoms with Gasteiger partial charge in [0.15, 0.2) is 6.29 Å². The molecule has 1 atom stereocenters. The van der Waals surface area contributed by atoms with Crippen LogP contribution in [0.4, 0.5) is 0 Å². The van der Waals surface area contributed by atoms with E-state index in [0.29, 0.717) is 19.7 Å². The fourth-order valence-electron chi connectivity index (χ4n) is 0.799. The van der Waals surface area contributed by atoms with Crippen LogP contribution >= 0.6 is 0 Å². The molecule has 1 heterocycles. The molecule has 1 rings (SSSR count). The molecular formula is C6H10O4. The van der Waals surface area contributed by atoms with Crippen LogP contribution in [0.15, 0.2) is 0 Å². The Balaban J connectivity index is 2.24. The Morgan fingerprint density at radius 2 is 2.20 bits per heavy atom. The van der Waals surface area contributed by atoms with E-state index in [9.17, 15) is 4.79 Å². The lowest BCUT2D eigenvalue weighted by molar-refractivity contribution is -0.157. The third-order valence-electron chi connectivity index (χ3n) is 1.30. The van der Waals surface area contributed by atoms with E-state index in [0.717, 1.165) is 0 Å². The second-order valence-corrected chi connectivity index (χ2v) is 2.05. The molecule has 1 aliphatic heterocycles. The van der Waals surface area contributed by atoms with Crippen LogP contribution in [0.1, 0.15) is 6.92 Å². The normalized spacial score (nSPS) is 22.5. The summed E-state index contributed by atoms with van der Waals surface area (Å²) in [4.78, 5) is 9.84. The highest BCUT2D eigenvalue weighted by Crippen LogP contribution is 2.09. The van der Waals surface area contributed by atoms with E-state index in [4.69, 9.17) is 9.47 Å². The van der Waals surface area contributed by atoms with E-state index in [2.05, 4.69) is 4.74 Å². The van der Waals surface area contributed by atoms with Gasteiger partial charge in [-0.15, -0.1) is 0 Å². The summed E-state index contributed by atoms with van der Waals surface area (Å²) in [5.74, 6) is 0. The maximum Gasteiger partial charge on any atom is 0.293 e. The number of carbonyl (C=O) groups excluding carboxylic acids is 1.